The number of halogens is 2. The summed E-state index contributed by atoms with van der Waals surface area (Å²) in [4.78, 5) is 24.1. The zero-order valence-corrected chi connectivity index (χ0v) is 13.2. The van der Waals surface area contributed by atoms with Gasteiger partial charge < -0.3 is 15.1 Å². The van der Waals surface area contributed by atoms with Crippen LogP contribution in [0.5, 0.6) is 0 Å². The third-order valence-corrected chi connectivity index (χ3v) is 3.59. The number of carboxylic acids is 1. The minimum atomic E-state index is -1.64. The average molecular weight is 347 g/mol. The fourth-order valence-corrected chi connectivity index (χ4v) is 2.34. The highest BCUT2D eigenvalue weighted by Gasteiger charge is 2.23. The van der Waals surface area contributed by atoms with Crippen molar-refractivity contribution in [2.45, 2.75) is 6.04 Å². The van der Waals surface area contributed by atoms with Gasteiger partial charge in [-0.05, 0) is 35.4 Å². The predicted molar refractivity (Wildman–Crippen MR) is 85.8 cm³/mol. The second kappa shape index (κ2) is 7.57. The van der Waals surface area contributed by atoms with Crippen LogP contribution in [0.15, 0.2) is 60.4 Å². The van der Waals surface area contributed by atoms with Gasteiger partial charge in [-0.1, -0.05) is 24.3 Å². The van der Waals surface area contributed by atoms with Crippen LogP contribution < -0.4 is 0 Å². The molecule has 0 aliphatic carbocycles. The maximum absolute atomic E-state index is 13.2. The molecule has 2 rings (SSSR count). The summed E-state index contributed by atoms with van der Waals surface area (Å²) >= 11 is 0. The summed E-state index contributed by atoms with van der Waals surface area (Å²) in [7, 11) is 1.39. The molecule has 0 heterocycles. The van der Waals surface area contributed by atoms with Crippen LogP contribution in [0, 0.1) is 11.6 Å². The number of nitrogens with zero attached hydrogens (tertiary/aromatic N) is 1. The summed E-state index contributed by atoms with van der Waals surface area (Å²) < 4.78 is 26.4. The molecule has 0 unspecified atom stereocenters. The second-order valence-corrected chi connectivity index (χ2v) is 5.29. The molecule has 0 bridgehead atoms. The molecule has 0 atom stereocenters. The Morgan fingerprint density at radius 2 is 1.32 bits per heavy atom. The summed E-state index contributed by atoms with van der Waals surface area (Å²) in [5.74, 6) is -4.44. The molecule has 0 saturated heterocycles. The van der Waals surface area contributed by atoms with Crippen molar-refractivity contribution in [2.24, 2.45) is 0 Å². The van der Waals surface area contributed by atoms with Gasteiger partial charge in [0, 0.05) is 7.05 Å². The molecule has 0 spiro atoms. The number of aliphatic hydroxyl groups excluding tert-OH is 1. The molecule has 1 amide bonds. The van der Waals surface area contributed by atoms with E-state index in [2.05, 4.69) is 0 Å². The summed E-state index contributed by atoms with van der Waals surface area (Å²) in [5.41, 5.74) is 1.07. The first-order valence-corrected chi connectivity index (χ1v) is 7.21. The van der Waals surface area contributed by atoms with Crippen molar-refractivity contribution in [3.05, 3.63) is 83.1 Å². The number of aliphatic carboxylic acids is 1. The van der Waals surface area contributed by atoms with E-state index >= 15 is 0 Å². The molecule has 0 aromatic heterocycles. The number of carbonyl (C=O) groups excluding carboxylic acids is 1. The second-order valence-electron chi connectivity index (χ2n) is 5.29. The largest absolute Gasteiger partial charge is 0.502 e. The number of carbonyl (C=O) groups is 2. The van der Waals surface area contributed by atoms with Crippen molar-refractivity contribution in [2.75, 3.05) is 7.05 Å². The number of hydrogen-bond donors (Lipinski definition) is 2. The number of hydrogen-bond acceptors (Lipinski definition) is 3. The molecule has 2 N–H and O–H groups in total. The predicted octanol–water partition coefficient (Wildman–Crippen LogP) is 3.04. The van der Waals surface area contributed by atoms with Crippen LogP contribution in [0.4, 0.5) is 8.78 Å². The number of carboxylic acid groups (broad SMARTS) is 1. The van der Waals surface area contributed by atoms with E-state index in [0.717, 1.165) is 0 Å². The Bertz CT molecular complexity index is 755. The fourth-order valence-electron chi connectivity index (χ4n) is 2.34. The van der Waals surface area contributed by atoms with E-state index in [0.29, 0.717) is 17.2 Å². The Balaban J connectivity index is 2.45. The van der Waals surface area contributed by atoms with Gasteiger partial charge in [-0.15, -0.1) is 0 Å². The minimum absolute atomic E-state index is 0.459. The molecular weight excluding hydrogens is 332 g/mol. The number of amides is 1. The normalized spacial score (nSPS) is 11.4. The quantitative estimate of drug-likeness (QED) is 0.644. The van der Waals surface area contributed by atoms with Crippen molar-refractivity contribution in [3.63, 3.8) is 0 Å². The van der Waals surface area contributed by atoms with Crippen molar-refractivity contribution in [1.29, 1.82) is 0 Å². The molecule has 7 heteroatoms. The van der Waals surface area contributed by atoms with E-state index in [1.54, 1.807) is 0 Å². The van der Waals surface area contributed by atoms with Crippen molar-refractivity contribution in [3.8, 4) is 0 Å². The first-order chi connectivity index (χ1) is 11.8. The van der Waals surface area contributed by atoms with Crippen molar-refractivity contribution < 1.29 is 28.6 Å². The number of benzene rings is 2. The molecule has 0 saturated carbocycles. The van der Waals surface area contributed by atoms with E-state index in [4.69, 9.17) is 5.11 Å². The summed E-state index contributed by atoms with van der Waals surface area (Å²) in [6.45, 7) is 0. The van der Waals surface area contributed by atoms with E-state index in [1.165, 1.54) is 60.5 Å². The van der Waals surface area contributed by atoms with Crippen LogP contribution in [-0.4, -0.2) is 34.0 Å². The van der Waals surface area contributed by atoms with Crippen molar-refractivity contribution >= 4 is 11.9 Å². The van der Waals surface area contributed by atoms with Crippen LogP contribution in [0.3, 0.4) is 0 Å². The molecule has 0 aliphatic rings. The molecular formula is C18H15F2NO4. The molecule has 0 radical (unpaired) electrons. The first kappa shape index (κ1) is 18.1. The number of aliphatic hydroxyl groups is 1. The first-order valence-electron chi connectivity index (χ1n) is 7.21. The lowest BCUT2D eigenvalue weighted by Crippen LogP contribution is -2.31. The summed E-state index contributed by atoms with van der Waals surface area (Å²) in [6.07, 6.45) is 0.572. The van der Waals surface area contributed by atoms with E-state index in [-0.39, 0.29) is 0 Å². The highest BCUT2D eigenvalue weighted by atomic mass is 19.1. The molecule has 25 heavy (non-hydrogen) atoms. The third kappa shape index (κ3) is 4.41. The van der Waals surface area contributed by atoms with Crippen LogP contribution in [-0.2, 0) is 9.59 Å². The lowest BCUT2D eigenvalue weighted by atomic mass is 9.97. The van der Waals surface area contributed by atoms with Crippen LogP contribution in [0.2, 0.25) is 0 Å². The molecule has 130 valence electrons. The smallest absolute Gasteiger partial charge is 0.371 e. The van der Waals surface area contributed by atoms with Gasteiger partial charge in [0.15, 0.2) is 0 Å². The lowest BCUT2D eigenvalue weighted by molar-refractivity contribution is -0.136. The monoisotopic (exact) mass is 347 g/mol. The molecule has 2 aromatic rings. The Morgan fingerprint density at radius 1 is 0.920 bits per heavy atom. The van der Waals surface area contributed by atoms with Gasteiger partial charge in [0.05, 0.1) is 12.1 Å². The highest BCUT2D eigenvalue weighted by molar-refractivity contribution is 5.96. The van der Waals surface area contributed by atoms with Crippen molar-refractivity contribution in [1.82, 2.24) is 4.90 Å². The highest BCUT2D eigenvalue weighted by Crippen LogP contribution is 2.28. The Labute approximate surface area is 142 Å². The average Bonchev–Trinajstić information content (AvgIpc) is 2.58. The molecule has 0 aliphatic heterocycles. The Morgan fingerprint density at radius 3 is 1.68 bits per heavy atom. The molecule has 0 fully saturated rings. The SMILES string of the molecule is CN(C(=O)C=C(O)C(=O)O)C(c1ccc(F)cc1)c1ccc(F)cc1. The third-order valence-electron chi connectivity index (χ3n) is 3.59. The van der Waals surface area contributed by atoms with E-state index in [9.17, 15) is 23.5 Å². The summed E-state index contributed by atoms with van der Waals surface area (Å²) in [6, 6.07) is 10.0. The standard InChI is InChI=1S/C18H15F2NO4/c1-21(16(23)10-15(22)18(24)25)17(11-2-6-13(19)7-3-11)12-4-8-14(20)9-5-12/h2-10,17,22H,1H3,(H,24,25). The maximum atomic E-state index is 13.2. The minimum Gasteiger partial charge on any atom is -0.502 e. The summed E-state index contributed by atoms with van der Waals surface area (Å²) in [5, 5.41) is 17.9. The van der Waals surface area contributed by atoms with Crippen LogP contribution in [0.1, 0.15) is 17.2 Å². The Hall–Kier alpha value is -3.22. The van der Waals surface area contributed by atoms with Gasteiger partial charge in [-0.3, -0.25) is 4.79 Å². The van der Waals surface area contributed by atoms with Crippen LogP contribution in [0.25, 0.3) is 0 Å². The fraction of sp³-hybridized carbons (Fsp3) is 0.111. The molecule has 5 nitrogen and oxygen atoms in total. The zero-order valence-electron chi connectivity index (χ0n) is 13.2. The van der Waals surface area contributed by atoms with Crippen LogP contribution >= 0.6 is 0 Å². The van der Waals surface area contributed by atoms with E-state index in [1.807, 2.05) is 0 Å². The van der Waals surface area contributed by atoms with Gasteiger partial charge in [0.1, 0.15) is 11.6 Å². The van der Waals surface area contributed by atoms with Gasteiger partial charge in [-0.2, -0.15) is 0 Å². The lowest BCUT2D eigenvalue weighted by Gasteiger charge is -2.28. The number of rotatable bonds is 5. The van der Waals surface area contributed by atoms with Gasteiger partial charge >= 0.3 is 5.97 Å². The van der Waals surface area contributed by atoms with Gasteiger partial charge in [0.2, 0.25) is 5.76 Å². The maximum Gasteiger partial charge on any atom is 0.371 e. The topological polar surface area (TPSA) is 77.8 Å². The van der Waals surface area contributed by atoms with Gasteiger partial charge in [-0.25, -0.2) is 13.6 Å². The number of likely N-dealkylation sites (N-methyl/N-ethyl adjacent to an activating group) is 1. The van der Waals surface area contributed by atoms with Gasteiger partial charge in [0.25, 0.3) is 5.91 Å². The molecule has 2 aromatic carbocycles. The van der Waals surface area contributed by atoms with E-state index < -0.39 is 35.3 Å². The zero-order chi connectivity index (χ0) is 18.6. The Kier molecular flexibility index (Phi) is 5.49.